The largest absolute Gasteiger partial charge is 0.383 e. The van der Waals surface area contributed by atoms with Gasteiger partial charge in [-0.3, -0.25) is 0 Å². The summed E-state index contributed by atoms with van der Waals surface area (Å²) in [5, 5.41) is 0. The predicted octanol–water partition coefficient (Wildman–Crippen LogP) is 2.60. The average molecular weight is 249 g/mol. The van der Waals surface area contributed by atoms with Gasteiger partial charge >= 0.3 is 0 Å². The first-order valence-electron chi connectivity index (χ1n) is 6.82. The fourth-order valence-electron chi connectivity index (χ4n) is 2.64. The molecular weight excluding hydrogens is 226 g/mol. The molecule has 2 heterocycles. The summed E-state index contributed by atoms with van der Waals surface area (Å²) in [4.78, 5) is 9.01. The van der Waals surface area contributed by atoms with Crippen LogP contribution < -0.4 is 5.73 Å². The Bertz CT molecular complexity index is 388. The molecule has 100 valence electrons. The number of nitrogens with zero attached hydrogens (tertiary/aromatic N) is 2. The number of nitrogen functional groups attached to an aromatic ring is 1. The molecule has 18 heavy (non-hydrogen) atoms. The van der Waals surface area contributed by atoms with Crippen LogP contribution in [0.2, 0.25) is 0 Å². The summed E-state index contributed by atoms with van der Waals surface area (Å²) in [7, 11) is 0. The third-order valence-electron chi connectivity index (χ3n) is 3.47. The molecule has 1 unspecified atom stereocenters. The quantitative estimate of drug-likeness (QED) is 0.894. The summed E-state index contributed by atoms with van der Waals surface area (Å²) in [6, 6.07) is 0. The van der Waals surface area contributed by atoms with E-state index in [2.05, 4.69) is 23.8 Å². The minimum Gasteiger partial charge on any atom is -0.383 e. The van der Waals surface area contributed by atoms with E-state index in [1.54, 1.807) is 0 Å². The van der Waals surface area contributed by atoms with Gasteiger partial charge < -0.3 is 10.5 Å². The topological polar surface area (TPSA) is 61.0 Å². The van der Waals surface area contributed by atoms with Crippen LogP contribution in [0.4, 0.5) is 5.82 Å². The molecule has 1 fully saturated rings. The van der Waals surface area contributed by atoms with E-state index in [4.69, 9.17) is 10.5 Å². The van der Waals surface area contributed by atoms with Crippen molar-refractivity contribution in [3.05, 3.63) is 17.1 Å². The number of ether oxygens (including phenoxy) is 1. The Labute approximate surface area is 109 Å². The van der Waals surface area contributed by atoms with Gasteiger partial charge in [0.1, 0.15) is 11.6 Å². The molecule has 4 heteroatoms. The average Bonchev–Trinajstić information content (AvgIpc) is 2.28. The van der Waals surface area contributed by atoms with Crippen LogP contribution in [0.15, 0.2) is 0 Å². The van der Waals surface area contributed by atoms with Crippen LogP contribution in [-0.2, 0) is 11.2 Å². The Kier molecular flexibility index (Phi) is 4.17. The summed E-state index contributed by atoms with van der Waals surface area (Å²) < 4.78 is 5.72. The monoisotopic (exact) mass is 249 g/mol. The molecule has 0 aliphatic carbocycles. The van der Waals surface area contributed by atoms with Crippen molar-refractivity contribution in [1.82, 2.24) is 9.97 Å². The van der Waals surface area contributed by atoms with Gasteiger partial charge in [0.05, 0.1) is 6.10 Å². The van der Waals surface area contributed by atoms with Crippen LogP contribution in [0.1, 0.15) is 56.1 Å². The molecule has 0 spiro atoms. The molecular formula is C14H23N3O. The Hall–Kier alpha value is -1.16. The highest BCUT2D eigenvalue weighted by Crippen LogP contribution is 2.24. The maximum atomic E-state index is 6.04. The van der Waals surface area contributed by atoms with Gasteiger partial charge in [-0.2, -0.15) is 0 Å². The normalized spacial score (nSPS) is 20.3. The lowest BCUT2D eigenvalue weighted by molar-refractivity contribution is 0.0156. The molecule has 1 aliphatic heterocycles. The van der Waals surface area contributed by atoms with E-state index in [1.165, 1.54) is 12.8 Å². The van der Waals surface area contributed by atoms with E-state index in [0.717, 1.165) is 36.5 Å². The minimum atomic E-state index is 0.266. The summed E-state index contributed by atoms with van der Waals surface area (Å²) in [5.74, 6) is 1.81. The first-order chi connectivity index (χ1) is 8.58. The second-order valence-electron chi connectivity index (χ2n) is 5.37. The fourth-order valence-corrected chi connectivity index (χ4v) is 2.64. The van der Waals surface area contributed by atoms with Gasteiger partial charge in [-0.25, -0.2) is 9.97 Å². The number of nitrogens with two attached hydrogens (primary N) is 1. The third kappa shape index (κ3) is 2.99. The van der Waals surface area contributed by atoms with Crippen molar-refractivity contribution in [2.75, 3.05) is 12.3 Å². The molecule has 0 bridgehead atoms. The molecule has 1 aliphatic rings. The van der Waals surface area contributed by atoms with Crippen LogP contribution in [-0.4, -0.2) is 22.7 Å². The molecule has 0 saturated carbocycles. The van der Waals surface area contributed by atoms with E-state index in [9.17, 15) is 0 Å². The van der Waals surface area contributed by atoms with Gasteiger partial charge in [-0.05, 0) is 32.1 Å². The number of anilines is 1. The molecule has 2 rings (SSSR count). The van der Waals surface area contributed by atoms with Crippen LogP contribution in [0, 0.1) is 6.92 Å². The number of aryl methyl sites for hydroxylation is 1. The lowest BCUT2D eigenvalue weighted by atomic mass is 10.0. The van der Waals surface area contributed by atoms with Crippen LogP contribution in [0.25, 0.3) is 0 Å². The Morgan fingerprint density at radius 1 is 1.33 bits per heavy atom. The van der Waals surface area contributed by atoms with E-state index >= 15 is 0 Å². The zero-order valence-corrected chi connectivity index (χ0v) is 11.6. The summed E-state index contributed by atoms with van der Waals surface area (Å²) in [6.45, 7) is 7.11. The SMILES string of the molecule is Cc1nc(CC2CCCCO2)nc(N)c1C(C)C. The van der Waals surface area contributed by atoms with Gasteiger partial charge in [0.2, 0.25) is 0 Å². The summed E-state index contributed by atoms with van der Waals surface area (Å²) >= 11 is 0. The van der Waals surface area contributed by atoms with Gasteiger partial charge in [-0.1, -0.05) is 13.8 Å². The highest BCUT2D eigenvalue weighted by molar-refractivity contribution is 5.44. The lowest BCUT2D eigenvalue weighted by Crippen LogP contribution is -2.23. The number of rotatable bonds is 3. The zero-order valence-electron chi connectivity index (χ0n) is 11.6. The Morgan fingerprint density at radius 3 is 2.67 bits per heavy atom. The van der Waals surface area contributed by atoms with Crippen molar-refractivity contribution < 1.29 is 4.74 Å². The molecule has 0 aromatic carbocycles. The van der Waals surface area contributed by atoms with Crippen molar-refractivity contribution in [2.24, 2.45) is 0 Å². The maximum absolute atomic E-state index is 6.04. The predicted molar refractivity (Wildman–Crippen MR) is 72.6 cm³/mol. The van der Waals surface area contributed by atoms with Crippen molar-refractivity contribution in [3.63, 3.8) is 0 Å². The van der Waals surface area contributed by atoms with Crippen molar-refractivity contribution in [1.29, 1.82) is 0 Å². The molecule has 1 saturated heterocycles. The first-order valence-corrected chi connectivity index (χ1v) is 6.82. The van der Waals surface area contributed by atoms with Crippen molar-refractivity contribution in [3.8, 4) is 0 Å². The number of hydrogen-bond acceptors (Lipinski definition) is 4. The van der Waals surface area contributed by atoms with E-state index in [0.29, 0.717) is 11.7 Å². The van der Waals surface area contributed by atoms with Gasteiger partial charge in [0.15, 0.2) is 0 Å². The standard InChI is InChI=1S/C14H23N3O/c1-9(2)13-10(3)16-12(17-14(13)15)8-11-6-4-5-7-18-11/h9,11H,4-8H2,1-3H3,(H2,15,16,17). The molecule has 1 aromatic heterocycles. The maximum Gasteiger partial charge on any atom is 0.133 e. The lowest BCUT2D eigenvalue weighted by Gasteiger charge is -2.22. The Morgan fingerprint density at radius 2 is 2.11 bits per heavy atom. The molecule has 0 radical (unpaired) electrons. The summed E-state index contributed by atoms with van der Waals surface area (Å²) in [6.07, 6.45) is 4.56. The fraction of sp³-hybridized carbons (Fsp3) is 0.714. The molecule has 1 atom stereocenters. The summed E-state index contributed by atoms with van der Waals surface area (Å²) in [5.41, 5.74) is 8.11. The van der Waals surface area contributed by atoms with Crippen molar-refractivity contribution in [2.45, 2.75) is 58.5 Å². The van der Waals surface area contributed by atoms with E-state index in [-0.39, 0.29) is 6.10 Å². The molecule has 4 nitrogen and oxygen atoms in total. The van der Waals surface area contributed by atoms with Gasteiger partial charge in [0.25, 0.3) is 0 Å². The van der Waals surface area contributed by atoms with Crippen LogP contribution >= 0.6 is 0 Å². The van der Waals surface area contributed by atoms with Crippen LogP contribution in [0.3, 0.4) is 0 Å². The van der Waals surface area contributed by atoms with Gasteiger partial charge in [-0.15, -0.1) is 0 Å². The number of aromatic nitrogens is 2. The third-order valence-corrected chi connectivity index (χ3v) is 3.47. The zero-order chi connectivity index (χ0) is 13.1. The van der Waals surface area contributed by atoms with Crippen LogP contribution in [0.5, 0.6) is 0 Å². The first kappa shape index (κ1) is 13.3. The van der Waals surface area contributed by atoms with E-state index < -0.39 is 0 Å². The van der Waals surface area contributed by atoms with Gasteiger partial charge in [0, 0.05) is 24.3 Å². The molecule has 2 N–H and O–H groups in total. The van der Waals surface area contributed by atoms with E-state index in [1.807, 2.05) is 6.92 Å². The Balaban J connectivity index is 2.14. The smallest absolute Gasteiger partial charge is 0.133 e. The molecule has 1 aromatic rings. The second-order valence-corrected chi connectivity index (χ2v) is 5.37. The second kappa shape index (κ2) is 5.65. The highest BCUT2D eigenvalue weighted by atomic mass is 16.5. The highest BCUT2D eigenvalue weighted by Gasteiger charge is 2.18. The van der Waals surface area contributed by atoms with Crippen molar-refractivity contribution >= 4 is 5.82 Å². The minimum absolute atomic E-state index is 0.266. The molecule has 0 amide bonds. The number of hydrogen-bond donors (Lipinski definition) is 1.